The van der Waals surface area contributed by atoms with Crippen molar-refractivity contribution in [3.63, 3.8) is 0 Å². The second-order valence-corrected chi connectivity index (χ2v) is 6.71. The predicted molar refractivity (Wildman–Crippen MR) is 66.4 cm³/mol. The first-order valence-corrected chi connectivity index (χ1v) is 6.77. The van der Waals surface area contributed by atoms with Gasteiger partial charge in [-0.1, -0.05) is 32.9 Å². The molecule has 3 aliphatic carbocycles. The van der Waals surface area contributed by atoms with Crippen LogP contribution in [0.4, 0.5) is 0 Å². The molecule has 0 heterocycles. The number of rotatable bonds is 0. The fourth-order valence-electron chi connectivity index (χ4n) is 5.35. The summed E-state index contributed by atoms with van der Waals surface area (Å²) in [6.45, 7) is 10.6. The Morgan fingerprint density at radius 1 is 1.41 bits per heavy atom. The average molecular weight is 234 g/mol. The van der Waals surface area contributed by atoms with E-state index >= 15 is 0 Å². The van der Waals surface area contributed by atoms with Crippen molar-refractivity contribution in [2.24, 2.45) is 28.6 Å². The molecule has 3 saturated carbocycles. The maximum absolute atomic E-state index is 12.3. The Labute approximate surface area is 103 Å². The summed E-state index contributed by atoms with van der Waals surface area (Å²) in [6, 6.07) is 0. The van der Waals surface area contributed by atoms with Gasteiger partial charge in [-0.15, -0.1) is 0 Å². The van der Waals surface area contributed by atoms with Gasteiger partial charge in [0, 0.05) is 11.3 Å². The first-order chi connectivity index (χ1) is 7.86. The Morgan fingerprint density at radius 3 is 2.65 bits per heavy atom. The van der Waals surface area contributed by atoms with Crippen molar-refractivity contribution in [3.8, 4) is 0 Å². The number of allylic oxidation sites excluding steroid dienone is 1. The molecule has 0 amide bonds. The van der Waals surface area contributed by atoms with Crippen LogP contribution in [0.2, 0.25) is 0 Å². The van der Waals surface area contributed by atoms with Gasteiger partial charge in [-0.05, 0) is 36.5 Å². The third kappa shape index (κ3) is 0.965. The molecule has 0 radical (unpaired) electrons. The molecule has 0 aromatic heterocycles. The zero-order chi connectivity index (χ0) is 12.6. The molecule has 0 aliphatic heterocycles. The van der Waals surface area contributed by atoms with Gasteiger partial charge in [-0.2, -0.15) is 0 Å². The number of hydrogen-bond donors (Lipinski definition) is 1. The molecule has 0 aromatic carbocycles. The van der Waals surface area contributed by atoms with Gasteiger partial charge in [0.2, 0.25) is 0 Å². The molecule has 3 fully saturated rings. The van der Waals surface area contributed by atoms with Gasteiger partial charge in [-0.25, -0.2) is 0 Å². The zero-order valence-electron chi connectivity index (χ0n) is 11.0. The van der Waals surface area contributed by atoms with Gasteiger partial charge < -0.3 is 5.11 Å². The molecule has 1 spiro atoms. The summed E-state index contributed by atoms with van der Waals surface area (Å²) in [5.74, 6) is 0.633. The largest absolute Gasteiger partial charge is 0.385 e. The van der Waals surface area contributed by atoms with Gasteiger partial charge >= 0.3 is 0 Å². The van der Waals surface area contributed by atoms with Gasteiger partial charge in [0.1, 0.15) is 6.10 Å². The summed E-state index contributed by atoms with van der Waals surface area (Å²) in [7, 11) is 0. The predicted octanol–water partition coefficient (Wildman–Crippen LogP) is 2.56. The van der Waals surface area contributed by atoms with Crippen LogP contribution in [0.1, 0.15) is 40.0 Å². The number of aliphatic hydroxyl groups excluding tert-OH is 1. The summed E-state index contributed by atoms with van der Waals surface area (Å²) in [4.78, 5) is 12.3. The molecule has 0 saturated heterocycles. The highest BCUT2D eigenvalue weighted by Gasteiger charge is 2.70. The fraction of sp³-hybridized carbons (Fsp3) is 0.800. The van der Waals surface area contributed by atoms with Crippen LogP contribution in [-0.4, -0.2) is 17.0 Å². The standard InChI is InChI=1S/C15H22O2/c1-8-11-5-6-15(8)10(3)13(17)12(16)9(2)14(15,4)7-11/h9-12,16H,1,5-7H2,2-4H3/t9-,10-,11-,12+,14+,15?/m1/s1. The lowest BCUT2D eigenvalue weighted by Crippen LogP contribution is -2.58. The fourth-order valence-corrected chi connectivity index (χ4v) is 5.35. The van der Waals surface area contributed by atoms with Crippen molar-refractivity contribution in [3.05, 3.63) is 12.2 Å². The minimum atomic E-state index is -0.771. The molecule has 2 nitrogen and oxygen atoms in total. The number of hydrogen-bond acceptors (Lipinski definition) is 2. The molecule has 1 N–H and O–H groups in total. The second kappa shape index (κ2) is 3.03. The van der Waals surface area contributed by atoms with Crippen molar-refractivity contribution >= 4 is 5.78 Å². The lowest BCUT2D eigenvalue weighted by Gasteiger charge is -2.56. The van der Waals surface area contributed by atoms with Crippen molar-refractivity contribution in [2.45, 2.75) is 46.1 Å². The Hall–Kier alpha value is -0.630. The highest BCUT2D eigenvalue weighted by Crippen LogP contribution is 2.74. The molecule has 3 rings (SSSR count). The molecule has 2 heteroatoms. The molecule has 17 heavy (non-hydrogen) atoms. The Kier molecular flexibility index (Phi) is 2.04. The van der Waals surface area contributed by atoms with Gasteiger partial charge in [-0.3, -0.25) is 4.79 Å². The van der Waals surface area contributed by atoms with E-state index in [2.05, 4.69) is 13.5 Å². The monoisotopic (exact) mass is 234 g/mol. The molecule has 1 unspecified atom stereocenters. The number of aliphatic hydroxyl groups is 1. The van der Waals surface area contributed by atoms with E-state index in [1.165, 1.54) is 12.0 Å². The van der Waals surface area contributed by atoms with E-state index in [-0.39, 0.29) is 28.4 Å². The summed E-state index contributed by atoms with van der Waals surface area (Å²) >= 11 is 0. The molecular weight excluding hydrogens is 212 g/mol. The van der Waals surface area contributed by atoms with E-state index in [9.17, 15) is 9.90 Å². The molecule has 3 aliphatic rings. The normalized spacial score (nSPS) is 57.4. The summed E-state index contributed by atoms with van der Waals surface area (Å²) in [5.41, 5.74) is 1.35. The summed E-state index contributed by atoms with van der Waals surface area (Å²) in [5, 5.41) is 10.2. The number of carbonyl (C=O) groups excluding carboxylic acids is 1. The number of ketones is 1. The maximum atomic E-state index is 12.3. The summed E-state index contributed by atoms with van der Waals surface area (Å²) < 4.78 is 0. The van der Waals surface area contributed by atoms with E-state index in [1.54, 1.807) is 0 Å². The van der Waals surface area contributed by atoms with E-state index in [4.69, 9.17) is 0 Å². The van der Waals surface area contributed by atoms with Gasteiger partial charge in [0.05, 0.1) is 0 Å². The quantitative estimate of drug-likeness (QED) is 0.654. The minimum absolute atomic E-state index is 0.0204. The van der Waals surface area contributed by atoms with Crippen LogP contribution in [0, 0.1) is 28.6 Å². The lowest BCUT2D eigenvalue weighted by atomic mass is 9.47. The smallest absolute Gasteiger partial charge is 0.165 e. The third-order valence-electron chi connectivity index (χ3n) is 6.58. The molecule has 94 valence electrons. The number of Topliss-reactive ketones (excluding diaryl/α,β-unsaturated/α-hetero) is 1. The first kappa shape index (κ1) is 11.5. The number of carbonyl (C=O) groups is 1. The van der Waals surface area contributed by atoms with E-state index in [1.807, 2.05) is 13.8 Å². The SMILES string of the molecule is C=C1[C@@H]2CCC13[C@H](C)C(=O)[C@@H](O)[C@@H](C)[C@]3(C)C2. The van der Waals surface area contributed by atoms with Crippen LogP contribution in [0.5, 0.6) is 0 Å². The van der Waals surface area contributed by atoms with E-state index < -0.39 is 6.10 Å². The van der Waals surface area contributed by atoms with Gasteiger partial charge in [0.25, 0.3) is 0 Å². The maximum Gasteiger partial charge on any atom is 0.165 e. The molecular formula is C15H22O2. The van der Waals surface area contributed by atoms with E-state index in [0.29, 0.717) is 5.92 Å². The zero-order valence-corrected chi connectivity index (χ0v) is 11.0. The molecule has 2 bridgehead atoms. The number of fused-ring (bicyclic) bond motifs is 1. The van der Waals surface area contributed by atoms with Crippen molar-refractivity contribution in [1.29, 1.82) is 0 Å². The second-order valence-electron chi connectivity index (χ2n) is 6.71. The Morgan fingerprint density at radius 2 is 2.06 bits per heavy atom. The van der Waals surface area contributed by atoms with Crippen molar-refractivity contribution < 1.29 is 9.90 Å². The highest BCUT2D eigenvalue weighted by molar-refractivity contribution is 5.88. The van der Waals surface area contributed by atoms with Gasteiger partial charge in [0.15, 0.2) is 5.78 Å². The van der Waals surface area contributed by atoms with Crippen LogP contribution in [0.15, 0.2) is 12.2 Å². The van der Waals surface area contributed by atoms with Crippen LogP contribution in [-0.2, 0) is 4.79 Å². The Balaban J connectivity index is 2.19. The topological polar surface area (TPSA) is 37.3 Å². The Bertz CT molecular complexity index is 413. The van der Waals surface area contributed by atoms with Crippen LogP contribution >= 0.6 is 0 Å². The average Bonchev–Trinajstić information content (AvgIpc) is 2.74. The minimum Gasteiger partial charge on any atom is -0.385 e. The molecule has 0 aromatic rings. The van der Waals surface area contributed by atoms with Crippen molar-refractivity contribution in [2.75, 3.05) is 0 Å². The summed E-state index contributed by atoms with van der Waals surface area (Å²) in [6.07, 6.45) is 2.63. The third-order valence-corrected chi connectivity index (χ3v) is 6.58. The highest BCUT2D eigenvalue weighted by atomic mass is 16.3. The van der Waals surface area contributed by atoms with Crippen molar-refractivity contribution in [1.82, 2.24) is 0 Å². The lowest BCUT2D eigenvalue weighted by molar-refractivity contribution is -0.162. The van der Waals surface area contributed by atoms with E-state index in [0.717, 1.165) is 12.8 Å². The van der Waals surface area contributed by atoms with Crippen LogP contribution < -0.4 is 0 Å². The first-order valence-electron chi connectivity index (χ1n) is 6.77. The molecule has 6 atom stereocenters. The van der Waals surface area contributed by atoms with Crippen LogP contribution in [0.3, 0.4) is 0 Å². The van der Waals surface area contributed by atoms with Crippen LogP contribution in [0.25, 0.3) is 0 Å².